The van der Waals surface area contributed by atoms with Crippen molar-refractivity contribution in [3.63, 3.8) is 0 Å². The van der Waals surface area contributed by atoms with E-state index in [4.69, 9.17) is 9.47 Å². The molecule has 0 bridgehead atoms. The van der Waals surface area contributed by atoms with Crippen LogP contribution in [0.2, 0.25) is 0 Å². The molecule has 0 unspecified atom stereocenters. The number of amides is 1. The smallest absolute Gasteiger partial charge is 0.355 e. The van der Waals surface area contributed by atoms with E-state index >= 15 is 0 Å². The maximum Gasteiger partial charge on any atom is 0.355 e. The van der Waals surface area contributed by atoms with Gasteiger partial charge in [-0.3, -0.25) is 9.59 Å². The first kappa shape index (κ1) is 18.3. The molecule has 2 rings (SSSR count). The average molecular weight is 344 g/mol. The third-order valence-corrected chi connectivity index (χ3v) is 3.60. The first-order valence-corrected chi connectivity index (χ1v) is 7.64. The highest BCUT2D eigenvalue weighted by Crippen LogP contribution is 2.11. The molecule has 2 aromatic rings. The van der Waals surface area contributed by atoms with Crippen LogP contribution in [0.3, 0.4) is 0 Å². The third-order valence-electron chi connectivity index (χ3n) is 3.60. The number of ether oxygens (including phenoxy) is 2. The number of carbonyl (C=O) groups excluding carboxylic acids is 3. The minimum atomic E-state index is -0.658. The van der Waals surface area contributed by atoms with Gasteiger partial charge in [-0.1, -0.05) is 12.1 Å². The van der Waals surface area contributed by atoms with Crippen LogP contribution in [-0.2, 0) is 23.1 Å². The molecule has 1 N–H and O–H groups in total. The van der Waals surface area contributed by atoms with Crippen molar-refractivity contribution in [1.29, 1.82) is 0 Å². The molecule has 1 aromatic carbocycles. The monoisotopic (exact) mass is 344 g/mol. The zero-order valence-corrected chi connectivity index (χ0v) is 14.4. The summed E-state index contributed by atoms with van der Waals surface area (Å²) in [4.78, 5) is 35.1. The lowest BCUT2D eigenvalue weighted by Crippen LogP contribution is -2.28. The summed E-state index contributed by atoms with van der Waals surface area (Å²) in [5.41, 5.74) is 1.53. The van der Waals surface area contributed by atoms with Crippen molar-refractivity contribution in [3.8, 4) is 5.75 Å². The van der Waals surface area contributed by atoms with Crippen LogP contribution in [0.1, 0.15) is 33.3 Å². The summed E-state index contributed by atoms with van der Waals surface area (Å²) in [7, 11) is 3.21. The van der Waals surface area contributed by atoms with E-state index in [2.05, 4.69) is 5.32 Å². The minimum Gasteiger partial charge on any atom is -0.497 e. The molecule has 1 amide bonds. The molecule has 7 nitrogen and oxygen atoms in total. The van der Waals surface area contributed by atoms with E-state index in [9.17, 15) is 14.4 Å². The van der Waals surface area contributed by atoms with Crippen molar-refractivity contribution in [2.45, 2.75) is 13.5 Å². The van der Waals surface area contributed by atoms with E-state index in [-0.39, 0.29) is 11.5 Å². The number of nitrogens with zero attached hydrogens (tertiary/aromatic N) is 1. The maximum absolute atomic E-state index is 12.0. The quantitative estimate of drug-likeness (QED) is 0.610. The van der Waals surface area contributed by atoms with Crippen LogP contribution < -0.4 is 10.1 Å². The lowest BCUT2D eigenvalue weighted by molar-refractivity contribution is -0.124. The van der Waals surface area contributed by atoms with E-state index in [0.717, 1.165) is 11.3 Å². The minimum absolute atomic E-state index is 0.146. The summed E-state index contributed by atoms with van der Waals surface area (Å²) in [5, 5.41) is 2.66. The van der Waals surface area contributed by atoms with Crippen molar-refractivity contribution < 1.29 is 23.9 Å². The van der Waals surface area contributed by atoms with Crippen molar-refractivity contribution in [1.82, 2.24) is 9.88 Å². The Bertz CT molecular complexity index is 777. The van der Waals surface area contributed by atoms with E-state index in [0.29, 0.717) is 12.1 Å². The van der Waals surface area contributed by atoms with Crippen molar-refractivity contribution >= 4 is 17.7 Å². The van der Waals surface area contributed by atoms with Gasteiger partial charge in [0.1, 0.15) is 11.4 Å². The molecule has 0 radical (unpaired) electrons. The van der Waals surface area contributed by atoms with Crippen molar-refractivity contribution in [2.24, 2.45) is 7.05 Å². The molecule has 25 heavy (non-hydrogen) atoms. The maximum atomic E-state index is 12.0. The number of aromatic nitrogens is 1. The highest BCUT2D eigenvalue weighted by Gasteiger charge is 2.16. The molecule has 0 fully saturated rings. The summed E-state index contributed by atoms with van der Waals surface area (Å²) in [6, 6.07) is 8.70. The Morgan fingerprint density at radius 3 is 2.40 bits per heavy atom. The normalized spacial score (nSPS) is 10.2. The molecule has 0 spiro atoms. The summed E-state index contributed by atoms with van der Waals surface area (Å²) in [5.74, 6) is -0.483. The van der Waals surface area contributed by atoms with Gasteiger partial charge in [-0.05, 0) is 30.7 Å². The lowest BCUT2D eigenvalue weighted by Gasteiger charge is -2.07. The number of hydrogen-bond acceptors (Lipinski definition) is 5. The summed E-state index contributed by atoms with van der Waals surface area (Å²) in [6.45, 7) is 1.34. The van der Waals surface area contributed by atoms with Crippen LogP contribution in [0, 0.1) is 0 Å². The van der Waals surface area contributed by atoms with Gasteiger partial charge in [0, 0.05) is 25.4 Å². The molecule has 7 heteroatoms. The number of esters is 1. The zero-order chi connectivity index (χ0) is 18.4. The fourth-order valence-corrected chi connectivity index (χ4v) is 2.16. The van der Waals surface area contributed by atoms with Crippen LogP contribution in [0.15, 0.2) is 36.5 Å². The topological polar surface area (TPSA) is 86.6 Å². The number of aryl methyl sites for hydroxylation is 1. The second-order valence-electron chi connectivity index (χ2n) is 5.48. The second-order valence-corrected chi connectivity index (χ2v) is 5.48. The summed E-state index contributed by atoms with van der Waals surface area (Å²) < 4.78 is 11.5. The Balaban J connectivity index is 1.82. The Kier molecular flexibility index (Phi) is 5.94. The molecular formula is C18H20N2O5. The number of hydrogen-bond donors (Lipinski definition) is 1. The largest absolute Gasteiger partial charge is 0.497 e. The van der Waals surface area contributed by atoms with Gasteiger partial charge < -0.3 is 19.4 Å². The van der Waals surface area contributed by atoms with Crippen LogP contribution in [-0.4, -0.2) is 35.9 Å². The molecule has 1 aromatic heterocycles. The van der Waals surface area contributed by atoms with Crippen molar-refractivity contribution in [3.05, 3.63) is 53.3 Å². The van der Waals surface area contributed by atoms with Gasteiger partial charge >= 0.3 is 5.97 Å². The van der Waals surface area contributed by atoms with Gasteiger partial charge in [-0.2, -0.15) is 0 Å². The van der Waals surface area contributed by atoms with Gasteiger partial charge in [0.05, 0.1) is 7.11 Å². The average Bonchev–Trinajstić information content (AvgIpc) is 3.00. The number of methoxy groups -OCH3 is 1. The molecule has 0 aliphatic rings. The molecule has 132 valence electrons. The molecule has 0 saturated carbocycles. The fraction of sp³-hybridized carbons (Fsp3) is 0.278. The number of rotatable bonds is 7. The molecule has 0 atom stereocenters. The standard InChI is InChI=1S/C18H20N2O5/c1-12(21)14-8-16(20(2)10-14)18(23)25-11-17(22)19-9-13-4-6-15(24-3)7-5-13/h4-8,10H,9,11H2,1-3H3,(H,19,22). The van der Waals surface area contributed by atoms with Gasteiger partial charge in [0.2, 0.25) is 0 Å². The molecule has 0 saturated heterocycles. The molecule has 0 aliphatic carbocycles. The van der Waals surface area contributed by atoms with Crippen LogP contribution in [0.25, 0.3) is 0 Å². The molecule has 0 aliphatic heterocycles. The predicted octanol–water partition coefficient (Wildman–Crippen LogP) is 1.71. The van der Waals surface area contributed by atoms with E-state index in [1.54, 1.807) is 32.5 Å². The Hall–Kier alpha value is -3.09. The number of ketones is 1. The molecular weight excluding hydrogens is 324 g/mol. The van der Waals surface area contributed by atoms with E-state index < -0.39 is 18.5 Å². The highest BCUT2D eigenvalue weighted by molar-refractivity contribution is 5.98. The van der Waals surface area contributed by atoms with Crippen LogP contribution in [0.4, 0.5) is 0 Å². The fourth-order valence-electron chi connectivity index (χ4n) is 2.16. The second kappa shape index (κ2) is 8.14. The van der Waals surface area contributed by atoms with Gasteiger partial charge in [0.25, 0.3) is 5.91 Å². The van der Waals surface area contributed by atoms with Gasteiger partial charge in [0.15, 0.2) is 12.4 Å². The SMILES string of the molecule is COc1ccc(CNC(=O)COC(=O)c2cc(C(C)=O)cn2C)cc1. The highest BCUT2D eigenvalue weighted by atomic mass is 16.5. The number of Topliss-reactive ketones (excluding diaryl/α,β-unsaturated/α-hetero) is 1. The van der Waals surface area contributed by atoms with E-state index in [1.807, 2.05) is 12.1 Å². The number of carbonyl (C=O) groups is 3. The summed E-state index contributed by atoms with van der Waals surface area (Å²) >= 11 is 0. The predicted molar refractivity (Wildman–Crippen MR) is 90.5 cm³/mol. The Labute approximate surface area is 145 Å². The number of nitrogens with one attached hydrogen (secondary N) is 1. The Morgan fingerprint density at radius 2 is 1.84 bits per heavy atom. The lowest BCUT2D eigenvalue weighted by atomic mass is 10.2. The van der Waals surface area contributed by atoms with Gasteiger partial charge in [-0.15, -0.1) is 0 Å². The summed E-state index contributed by atoms with van der Waals surface area (Å²) in [6.07, 6.45) is 1.54. The molecule has 1 heterocycles. The third kappa shape index (κ3) is 4.94. The number of benzene rings is 1. The Morgan fingerprint density at radius 1 is 1.16 bits per heavy atom. The van der Waals surface area contributed by atoms with Gasteiger partial charge in [-0.25, -0.2) is 4.79 Å². The van der Waals surface area contributed by atoms with E-state index in [1.165, 1.54) is 17.6 Å². The first-order chi connectivity index (χ1) is 11.9. The van der Waals surface area contributed by atoms with Crippen LogP contribution >= 0.6 is 0 Å². The van der Waals surface area contributed by atoms with Crippen LogP contribution in [0.5, 0.6) is 5.75 Å². The first-order valence-electron chi connectivity index (χ1n) is 7.64. The van der Waals surface area contributed by atoms with Crippen molar-refractivity contribution in [2.75, 3.05) is 13.7 Å². The zero-order valence-electron chi connectivity index (χ0n) is 14.4.